The van der Waals surface area contributed by atoms with Crippen LogP contribution in [0.25, 0.3) is 21.8 Å². The van der Waals surface area contributed by atoms with Gasteiger partial charge in [0.15, 0.2) is 0 Å². The van der Waals surface area contributed by atoms with Crippen molar-refractivity contribution >= 4 is 21.8 Å². The van der Waals surface area contributed by atoms with Gasteiger partial charge in [0.05, 0.1) is 11.2 Å². The molecule has 0 amide bonds. The first-order chi connectivity index (χ1) is 9.75. The van der Waals surface area contributed by atoms with Crippen LogP contribution in [0.4, 0.5) is 0 Å². The Labute approximate surface area is 118 Å². The van der Waals surface area contributed by atoms with E-state index in [1.165, 1.54) is 46.8 Å². The summed E-state index contributed by atoms with van der Waals surface area (Å²) in [5.41, 5.74) is 4.87. The number of benzene rings is 1. The lowest BCUT2D eigenvalue weighted by Crippen LogP contribution is -2.17. The van der Waals surface area contributed by atoms with Crippen LogP contribution in [0.15, 0.2) is 30.5 Å². The normalized spacial score (nSPS) is 20.2. The van der Waals surface area contributed by atoms with Crippen LogP contribution in [-0.4, -0.2) is 28.5 Å². The van der Waals surface area contributed by atoms with Gasteiger partial charge in [0.1, 0.15) is 0 Å². The summed E-state index contributed by atoms with van der Waals surface area (Å²) in [7, 11) is 2.22. The highest BCUT2D eigenvalue weighted by atomic mass is 15.1. The first kappa shape index (κ1) is 11.9. The van der Waals surface area contributed by atoms with Gasteiger partial charge in [-0.15, -0.1) is 0 Å². The van der Waals surface area contributed by atoms with Crippen molar-refractivity contribution in [3.05, 3.63) is 41.7 Å². The lowest BCUT2D eigenvalue weighted by atomic mass is 10.00. The van der Waals surface area contributed by atoms with Gasteiger partial charge in [-0.1, -0.05) is 18.2 Å². The molecule has 1 aliphatic heterocycles. The van der Waals surface area contributed by atoms with Crippen molar-refractivity contribution in [3.8, 4) is 0 Å². The number of hydrogen-bond donors (Lipinski definition) is 1. The molecule has 20 heavy (non-hydrogen) atoms. The Balaban J connectivity index is 2.08. The third-order valence-electron chi connectivity index (χ3n) is 4.63. The molecule has 0 spiro atoms. The highest BCUT2D eigenvalue weighted by Crippen LogP contribution is 2.38. The molecule has 0 radical (unpaired) electrons. The lowest BCUT2D eigenvalue weighted by Gasteiger charge is -2.20. The van der Waals surface area contributed by atoms with E-state index >= 15 is 0 Å². The maximum Gasteiger partial charge on any atom is 0.0684 e. The van der Waals surface area contributed by atoms with Crippen molar-refractivity contribution in [3.63, 3.8) is 0 Å². The van der Waals surface area contributed by atoms with Gasteiger partial charge in [-0.3, -0.25) is 9.88 Å². The molecule has 1 N–H and O–H groups in total. The minimum Gasteiger partial charge on any atom is -0.353 e. The second-order valence-corrected chi connectivity index (χ2v) is 5.86. The van der Waals surface area contributed by atoms with Gasteiger partial charge in [0, 0.05) is 28.5 Å². The van der Waals surface area contributed by atoms with Gasteiger partial charge in [-0.05, 0) is 45.0 Å². The Morgan fingerprint density at radius 1 is 1.30 bits per heavy atom. The maximum atomic E-state index is 4.62. The third kappa shape index (κ3) is 1.59. The van der Waals surface area contributed by atoms with Crippen LogP contribution in [0.2, 0.25) is 0 Å². The summed E-state index contributed by atoms with van der Waals surface area (Å²) in [6.07, 6.45) is 4.60. The van der Waals surface area contributed by atoms with Crippen LogP contribution >= 0.6 is 0 Å². The highest BCUT2D eigenvalue weighted by Gasteiger charge is 2.26. The Morgan fingerprint density at radius 3 is 2.95 bits per heavy atom. The largest absolute Gasteiger partial charge is 0.353 e. The van der Waals surface area contributed by atoms with Crippen molar-refractivity contribution in [2.75, 3.05) is 13.6 Å². The van der Waals surface area contributed by atoms with Crippen LogP contribution in [0.1, 0.15) is 30.1 Å². The molecule has 4 rings (SSSR count). The van der Waals surface area contributed by atoms with Gasteiger partial charge >= 0.3 is 0 Å². The van der Waals surface area contributed by atoms with Crippen molar-refractivity contribution < 1.29 is 0 Å². The van der Waals surface area contributed by atoms with Gasteiger partial charge < -0.3 is 4.98 Å². The van der Waals surface area contributed by atoms with Crippen LogP contribution in [0, 0.1) is 6.92 Å². The maximum absolute atomic E-state index is 4.62. The van der Waals surface area contributed by atoms with Crippen LogP contribution in [-0.2, 0) is 0 Å². The molecular weight excluding hydrogens is 246 g/mol. The smallest absolute Gasteiger partial charge is 0.0684 e. The number of fused-ring (bicyclic) bond motifs is 3. The monoisotopic (exact) mass is 265 g/mol. The predicted octanol–water partition coefficient (Wildman–Crippen LogP) is 3.79. The molecule has 1 fully saturated rings. The minimum atomic E-state index is 0.504. The number of para-hydroxylation sites is 1. The van der Waals surface area contributed by atoms with Gasteiger partial charge in [0.25, 0.3) is 0 Å². The summed E-state index contributed by atoms with van der Waals surface area (Å²) in [4.78, 5) is 10.6. The molecule has 1 aliphatic rings. The number of pyridine rings is 1. The molecule has 3 nitrogen and oxygen atoms in total. The summed E-state index contributed by atoms with van der Waals surface area (Å²) in [6, 6.07) is 9.07. The third-order valence-corrected chi connectivity index (χ3v) is 4.63. The second-order valence-electron chi connectivity index (χ2n) is 5.86. The van der Waals surface area contributed by atoms with E-state index < -0.39 is 0 Å². The summed E-state index contributed by atoms with van der Waals surface area (Å²) >= 11 is 0. The molecule has 3 heteroatoms. The number of H-pyrrole nitrogens is 1. The van der Waals surface area contributed by atoms with E-state index in [1.807, 2.05) is 0 Å². The number of aryl methyl sites for hydroxylation is 1. The van der Waals surface area contributed by atoms with E-state index in [0.717, 1.165) is 5.69 Å². The predicted molar refractivity (Wildman–Crippen MR) is 82.9 cm³/mol. The van der Waals surface area contributed by atoms with Crippen molar-refractivity contribution in [2.24, 2.45) is 0 Å². The van der Waals surface area contributed by atoms with E-state index in [0.29, 0.717) is 6.04 Å². The van der Waals surface area contributed by atoms with Gasteiger partial charge in [-0.25, -0.2) is 0 Å². The number of nitrogens with zero attached hydrogens (tertiary/aromatic N) is 2. The molecule has 2 aromatic heterocycles. The van der Waals surface area contributed by atoms with Crippen LogP contribution in [0.5, 0.6) is 0 Å². The van der Waals surface area contributed by atoms with Gasteiger partial charge in [-0.2, -0.15) is 0 Å². The first-order valence-electron chi connectivity index (χ1n) is 7.32. The molecule has 1 atom stereocenters. The summed E-state index contributed by atoms with van der Waals surface area (Å²) in [6.45, 7) is 3.27. The molecule has 102 valence electrons. The summed E-state index contributed by atoms with van der Waals surface area (Å²) in [5, 5.41) is 2.69. The topological polar surface area (TPSA) is 31.9 Å². The van der Waals surface area contributed by atoms with Gasteiger partial charge in [0.2, 0.25) is 0 Å². The molecule has 1 saturated heterocycles. The second kappa shape index (κ2) is 4.32. The molecule has 1 aromatic carbocycles. The zero-order valence-electron chi connectivity index (χ0n) is 12.0. The minimum absolute atomic E-state index is 0.504. The number of rotatable bonds is 1. The molecular formula is C17H19N3. The Bertz CT molecular complexity index is 787. The first-order valence-corrected chi connectivity index (χ1v) is 7.32. The van der Waals surface area contributed by atoms with Crippen LogP contribution in [0.3, 0.4) is 0 Å². The fourth-order valence-corrected chi connectivity index (χ4v) is 3.56. The molecule has 3 heterocycles. The Morgan fingerprint density at radius 2 is 2.15 bits per heavy atom. The number of nitrogens with one attached hydrogen (secondary N) is 1. The molecule has 0 bridgehead atoms. The van der Waals surface area contributed by atoms with Crippen LogP contribution < -0.4 is 0 Å². The van der Waals surface area contributed by atoms with E-state index in [1.54, 1.807) is 0 Å². The number of likely N-dealkylation sites (tertiary alicyclic amines) is 1. The van der Waals surface area contributed by atoms with Crippen molar-refractivity contribution in [1.82, 2.24) is 14.9 Å². The van der Waals surface area contributed by atoms with E-state index in [4.69, 9.17) is 0 Å². The lowest BCUT2D eigenvalue weighted by molar-refractivity contribution is 0.318. The zero-order chi connectivity index (χ0) is 13.7. The quantitative estimate of drug-likeness (QED) is 0.726. The number of aromatic nitrogens is 2. The zero-order valence-corrected chi connectivity index (χ0v) is 12.0. The molecule has 3 aromatic rings. The van der Waals surface area contributed by atoms with Crippen molar-refractivity contribution in [1.29, 1.82) is 0 Å². The summed E-state index contributed by atoms with van der Waals surface area (Å²) in [5.74, 6) is 0. The number of aromatic amines is 1. The fourth-order valence-electron chi connectivity index (χ4n) is 3.56. The SMILES string of the molecule is Cc1ncc(C2CCCN2C)c2c1[nH]c1ccccc12. The van der Waals surface area contributed by atoms with E-state index in [-0.39, 0.29) is 0 Å². The van der Waals surface area contributed by atoms with E-state index in [2.05, 4.69) is 59.3 Å². The average molecular weight is 265 g/mol. The molecule has 0 aliphatic carbocycles. The average Bonchev–Trinajstić information content (AvgIpc) is 3.04. The Kier molecular flexibility index (Phi) is 2.57. The highest BCUT2D eigenvalue weighted by molar-refractivity contribution is 6.09. The van der Waals surface area contributed by atoms with E-state index in [9.17, 15) is 0 Å². The van der Waals surface area contributed by atoms with Crippen molar-refractivity contribution in [2.45, 2.75) is 25.8 Å². The Hall–Kier alpha value is -1.87. The number of hydrogen-bond acceptors (Lipinski definition) is 2. The molecule has 1 unspecified atom stereocenters. The fraction of sp³-hybridized carbons (Fsp3) is 0.353. The summed E-state index contributed by atoms with van der Waals surface area (Å²) < 4.78 is 0. The molecule has 0 saturated carbocycles. The standard InChI is InChI=1S/C17H19N3/c1-11-17-16(12-6-3-4-7-14(12)19-17)13(10-18-11)15-8-5-9-20(15)2/h3-4,6-7,10,15,19H,5,8-9H2,1-2H3.